The van der Waals surface area contributed by atoms with Crippen LogP contribution in [0.25, 0.3) is 16.9 Å². The molecule has 4 rings (SSSR count). The molecule has 2 aromatic carbocycles. The van der Waals surface area contributed by atoms with E-state index >= 15 is 0 Å². The molecule has 0 aliphatic heterocycles. The molecule has 0 aliphatic carbocycles. The van der Waals surface area contributed by atoms with E-state index in [1.54, 1.807) is 0 Å². The van der Waals surface area contributed by atoms with Crippen molar-refractivity contribution in [2.75, 3.05) is 7.11 Å². The second-order valence-electron chi connectivity index (χ2n) is 6.58. The molecule has 0 bridgehead atoms. The van der Waals surface area contributed by atoms with Crippen molar-refractivity contribution in [1.29, 1.82) is 0 Å². The van der Waals surface area contributed by atoms with E-state index in [0.717, 1.165) is 16.1 Å². The number of esters is 2. The van der Waals surface area contributed by atoms with Crippen LogP contribution in [-0.2, 0) is 16.1 Å². The normalized spacial score (nSPS) is 10.8. The first kappa shape index (κ1) is 20.0. The molecule has 8 nitrogen and oxygen atoms in total. The Morgan fingerprint density at radius 1 is 1.06 bits per heavy atom. The maximum atomic E-state index is 14.2. The van der Waals surface area contributed by atoms with Crippen molar-refractivity contribution in [3.05, 3.63) is 93.7 Å². The Hall–Kier alpha value is -4.27. The van der Waals surface area contributed by atoms with E-state index in [1.165, 1.54) is 31.4 Å². The number of methoxy groups -OCH3 is 1. The number of ether oxygens (including phenoxy) is 2. The highest BCUT2D eigenvalue weighted by molar-refractivity contribution is 5.89. The van der Waals surface area contributed by atoms with Crippen molar-refractivity contribution in [2.45, 2.75) is 6.61 Å². The van der Waals surface area contributed by atoms with E-state index in [9.17, 15) is 18.8 Å². The number of nitrogens with zero attached hydrogens (tertiary/aromatic N) is 2. The number of hydrogen-bond donors (Lipinski definition) is 1. The average molecular weight is 421 g/mol. The highest BCUT2D eigenvalue weighted by Gasteiger charge is 2.16. The minimum absolute atomic E-state index is 0.0126. The van der Waals surface area contributed by atoms with Gasteiger partial charge >= 0.3 is 11.9 Å². The molecule has 0 fully saturated rings. The number of carbonyl (C=O) groups is 2. The molecular weight excluding hydrogens is 405 g/mol. The summed E-state index contributed by atoms with van der Waals surface area (Å²) in [7, 11) is 1.19. The molecule has 0 atom stereocenters. The van der Waals surface area contributed by atoms with Crippen LogP contribution in [0.3, 0.4) is 0 Å². The van der Waals surface area contributed by atoms with Crippen LogP contribution in [0.4, 0.5) is 4.39 Å². The van der Waals surface area contributed by atoms with Gasteiger partial charge in [0.25, 0.3) is 5.56 Å². The molecule has 4 aromatic rings. The summed E-state index contributed by atoms with van der Waals surface area (Å²) in [5.41, 5.74) is 1.19. The van der Waals surface area contributed by atoms with Crippen LogP contribution >= 0.6 is 0 Å². The number of aromatic nitrogens is 3. The van der Waals surface area contributed by atoms with Gasteiger partial charge in [-0.05, 0) is 12.1 Å². The maximum Gasteiger partial charge on any atom is 0.356 e. The molecule has 2 heterocycles. The number of rotatable bonds is 5. The van der Waals surface area contributed by atoms with Gasteiger partial charge in [0.05, 0.1) is 18.4 Å². The molecule has 156 valence electrons. The molecule has 0 saturated carbocycles. The number of benzene rings is 2. The van der Waals surface area contributed by atoms with Crippen molar-refractivity contribution in [3.8, 4) is 11.3 Å². The Balaban J connectivity index is 1.54. The second kappa shape index (κ2) is 8.23. The number of carbonyl (C=O) groups excluding carboxylic acids is 2. The van der Waals surface area contributed by atoms with Crippen molar-refractivity contribution < 1.29 is 23.5 Å². The topological polar surface area (TPSA) is 103 Å². The van der Waals surface area contributed by atoms with Gasteiger partial charge in [0.1, 0.15) is 18.1 Å². The molecule has 0 radical (unpaired) electrons. The summed E-state index contributed by atoms with van der Waals surface area (Å²) in [5, 5.41) is 2.64. The number of halogens is 1. The standard InChI is InChI=1S/C22H16FN3O5/c1-30-21(28)14-7-8-15(16(23)9-14)12-31-22(29)18-10-19-24-17(11-20(27)26(19)25-18)13-5-3-2-4-6-13/h2-11,25H,12H2,1H3. The van der Waals surface area contributed by atoms with Gasteiger partial charge in [0, 0.05) is 23.3 Å². The predicted molar refractivity (Wildman–Crippen MR) is 108 cm³/mol. The Morgan fingerprint density at radius 3 is 2.55 bits per heavy atom. The lowest BCUT2D eigenvalue weighted by Gasteiger charge is -2.06. The molecule has 0 spiro atoms. The molecule has 2 aromatic heterocycles. The summed E-state index contributed by atoms with van der Waals surface area (Å²) in [6, 6.07) is 15.6. The Kier molecular flexibility index (Phi) is 5.31. The van der Waals surface area contributed by atoms with Gasteiger partial charge in [-0.1, -0.05) is 36.4 Å². The van der Waals surface area contributed by atoms with Crippen LogP contribution in [0.1, 0.15) is 26.4 Å². The monoisotopic (exact) mass is 421 g/mol. The summed E-state index contributed by atoms with van der Waals surface area (Å²) in [6.45, 7) is -0.362. The van der Waals surface area contributed by atoms with Crippen LogP contribution < -0.4 is 5.56 Å². The Morgan fingerprint density at radius 2 is 1.84 bits per heavy atom. The summed E-state index contributed by atoms with van der Waals surface area (Å²) < 4.78 is 25.0. The smallest absolute Gasteiger partial charge is 0.356 e. The summed E-state index contributed by atoms with van der Waals surface area (Å²) in [5.74, 6) is -2.17. The molecule has 0 amide bonds. The van der Waals surface area contributed by atoms with Gasteiger partial charge in [-0.3, -0.25) is 9.89 Å². The van der Waals surface area contributed by atoms with E-state index in [0.29, 0.717) is 5.69 Å². The summed E-state index contributed by atoms with van der Waals surface area (Å²) in [6.07, 6.45) is 0. The fourth-order valence-electron chi connectivity index (χ4n) is 2.98. The molecule has 9 heteroatoms. The Bertz CT molecular complexity index is 1340. The molecule has 1 N–H and O–H groups in total. The zero-order chi connectivity index (χ0) is 22.0. The van der Waals surface area contributed by atoms with Crippen LogP contribution in [0, 0.1) is 5.82 Å². The van der Waals surface area contributed by atoms with Crippen LogP contribution in [0.15, 0.2) is 65.5 Å². The third-order valence-corrected chi connectivity index (χ3v) is 4.57. The third-order valence-electron chi connectivity index (χ3n) is 4.57. The van der Waals surface area contributed by atoms with Gasteiger partial charge in [0.2, 0.25) is 0 Å². The number of fused-ring (bicyclic) bond motifs is 1. The lowest BCUT2D eigenvalue weighted by Crippen LogP contribution is -2.15. The van der Waals surface area contributed by atoms with E-state index in [4.69, 9.17) is 4.74 Å². The van der Waals surface area contributed by atoms with E-state index in [2.05, 4.69) is 14.8 Å². The third kappa shape index (κ3) is 4.06. The van der Waals surface area contributed by atoms with Crippen molar-refractivity contribution in [1.82, 2.24) is 14.6 Å². The SMILES string of the molecule is COC(=O)c1ccc(COC(=O)c2cc3nc(-c4ccccc4)cc(=O)n3[nH]2)c(F)c1. The molecule has 0 unspecified atom stereocenters. The van der Waals surface area contributed by atoms with E-state index in [1.807, 2.05) is 30.3 Å². The number of nitrogens with one attached hydrogen (secondary N) is 1. The number of H-pyrrole nitrogens is 1. The van der Waals surface area contributed by atoms with Crippen LogP contribution in [0.5, 0.6) is 0 Å². The predicted octanol–water partition coefficient (Wildman–Crippen LogP) is 2.97. The summed E-state index contributed by atoms with van der Waals surface area (Å²) >= 11 is 0. The van der Waals surface area contributed by atoms with Gasteiger partial charge in [-0.15, -0.1) is 0 Å². The first-order chi connectivity index (χ1) is 15.0. The fourth-order valence-corrected chi connectivity index (χ4v) is 2.98. The Labute approximate surface area is 174 Å². The van der Waals surface area contributed by atoms with Gasteiger partial charge in [-0.25, -0.2) is 23.5 Å². The number of hydrogen-bond acceptors (Lipinski definition) is 6. The first-order valence-corrected chi connectivity index (χ1v) is 9.18. The quantitative estimate of drug-likeness (QED) is 0.497. The fraction of sp³-hybridized carbons (Fsp3) is 0.0909. The van der Waals surface area contributed by atoms with Crippen LogP contribution in [-0.4, -0.2) is 33.6 Å². The highest BCUT2D eigenvalue weighted by Crippen LogP contribution is 2.17. The van der Waals surface area contributed by atoms with Gasteiger partial charge in [0.15, 0.2) is 5.65 Å². The molecule has 0 aliphatic rings. The van der Waals surface area contributed by atoms with E-state index in [-0.39, 0.29) is 29.1 Å². The minimum atomic E-state index is -0.789. The van der Waals surface area contributed by atoms with Gasteiger partial charge < -0.3 is 9.47 Å². The van der Waals surface area contributed by atoms with Gasteiger partial charge in [-0.2, -0.15) is 0 Å². The van der Waals surface area contributed by atoms with Crippen molar-refractivity contribution in [2.24, 2.45) is 0 Å². The van der Waals surface area contributed by atoms with E-state index < -0.39 is 23.3 Å². The zero-order valence-corrected chi connectivity index (χ0v) is 16.3. The molecule has 0 saturated heterocycles. The molecule has 31 heavy (non-hydrogen) atoms. The lowest BCUT2D eigenvalue weighted by molar-refractivity contribution is 0.0460. The lowest BCUT2D eigenvalue weighted by atomic mass is 10.1. The largest absolute Gasteiger partial charge is 0.465 e. The number of aromatic amines is 1. The van der Waals surface area contributed by atoms with Crippen molar-refractivity contribution in [3.63, 3.8) is 0 Å². The van der Waals surface area contributed by atoms with Crippen molar-refractivity contribution >= 4 is 17.6 Å². The molecular formula is C22H16FN3O5. The summed E-state index contributed by atoms with van der Waals surface area (Å²) in [4.78, 5) is 40.6. The second-order valence-corrected chi connectivity index (χ2v) is 6.58. The minimum Gasteiger partial charge on any atom is -0.465 e. The zero-order valence-electron chi connectivity index (χ0n) is 16.3. The maximum absolute atomic E-state index is 14.2. The van der Waals surface area contributed by atoms with Crippen LogP contribution in [0.2, 0.25) is 0 Å². The first-order valence-electron chi connectivity index (χ1n) is 9.18. The highest BCUT2D eigenvalue weighted by atomic mass is 19.1. The average Bonchev–Trinajstić information content (AvgIpc) is 3.23.